The maximum atomic E-state index is 12.3. The first-order chi connectivity index (χ1) is 15.0. The van der Waals surface area contributed by atoms with Crippen molar-refractivity contribution in [2.75, 3.05) is 25.0 Å². The summed E-state index contributed by atoms with van der Waals surface area (Å²) in [6.07, 6.45) is 8.82. The molecule has 0 bridgehead atoms. The summed E-state index contributed by atoms with van der Waals surface area (Å²) < 4.78 is 1.04. The van der Waals surface area contributed by atoms with Crippen molar-refractivity contribution in [3.8, 4) is 0 Å². The van der Waals surface area contributed by atoms with Gasteiger partial charge in [-0.25, -0.2) is 4.98 Å². The van der Waals surface area contributed by atoms with Gasteiger partial charge in [-0.3, -0.25) is 9.59 Å². The summed E-state index contributed by atoms with van der Waals surface area (Å²) in [4.78, 5) is 31.1. The number of nitrogens with one attached hydrogen (secondary N) is 2. The smallest absolute Gasteiger partial charge is 0.226 e. The molecule has 1 atom stereocenters. The average molecular weight is 445 g/mol. The Morgan fingerprint density at radius 1 is 1.13 bits per heavy atom. The van der Waals surface area contributed by atoms with Crippen LogP contribution in [-0.4, -0.2) is 47.4 Å². The van der Waals surface area contributed by atoms with Crippen LogP contribution in [-0.2, 0) is 16.0 Å². The maximum absolute atomic E-state index is 12.3. The number of fused-ring (bicyclic) bond motifs is 1. The Labute approximate surface area is 189 Å². The number of hydrogen-bond donors (Lipinski definition) is 2. The first kappa shape index (κ1) is 23.7. The molecule has 0 spiro atoms. The van der Waals surface area contributed by atoms with E-state index in [-0.39, 0.29) is 11.8 Å². The fourth-order valence-electron chi connectivity index (χ4n) is 4.07. The molecule has 2 heterocycles. The molecule has 1 aromatic heterocycles. The topological polar surface area (TPSA) is 74.3 Å². The maximum Gasteiger partial charge on any atom is 0.226 e. The molecule has 1 fully saturated rings. The molecule has 3 rings (SSSR count). The minimum Gasteiger partial charge on any atom is -0.356 e. The lowest BCUT2D eigenvalue weighted by Crippen LogP contribution is -2.37. The van der Waals surface area contributed by atoms with E-state index in [2.05, 4.69) is 33.5 Å². The van der Waals surface area contributed by atoms with E-state index in [4.69, 9.17) is 0 Å². The fraction of sp³-hybridized carbons (Fsp3) is 0.625. The molecule has 0 radical (unpaired) electrons. The summed E-state index contributed by atoms with van der Waals surface area (Å²) in [5, 5.41) is 6.59. The van der Waals surface area contributed by atoms with Crippen LogP contribution in [0.5, 0.6) is 0 Å². The number of aryl methyl sites for hydroxylation is 1. The number of hydrogen-bond acceptors (Lipinski definition) is 5. The van der Waals surface area contributed by atoms with Crippen molar-refractivity contribution in [3.05, 3.63) is 23.8 Å². The molecule has 0 unspecified atom stereocenters. The number of aromatic nitrogens is 1. The fourth-order valence-corrected chi connectivity index (χ4v) is 5.02. The van der Waals surface area contributed by atoms with Gasteiger partial charge in [0.1, 0.15) is 0 Å². The van der Waals surface area contributed by atoms with Gasteiger partial charge in [0.25, 0.3) is 0 Å². The number of nitrogens with zero attached hydrogens (tertiary/aromatic N) is 2. The second-order valence-corrected chi connectivity index (χ2v) is 9.59. The van der Waals surface area contributed by atoms with Crippen LogP contribution in [0.4, 0.5) is 5.13 Å². The molecule has 7 heteroatoms. The molecule has 2 aromatic rings. The molecule has 1 aliphatic heterocycles. The van der Waals surface area contributed by atoms with Crippen molar-refractivity contribution in [1.29, 1.82) is 0 Å². The Balaban J connectivity index is 1.41. The molecule has 2 amide bonds. The van der Waals surface area contributed by atoms with Crippen LogP contribution in [0, 0.1) is 0 Å². The van der Waals surface area contributed by atoms with Gasteiger partial charge >= 0.3 is 0 Å². The van der Waals surface area contributed by atoms with Gasteiger partial charge in [0, 0.05) is 25.4 Å². The zero-order chi connectivity index (χ0) is 22.1. The van der Waals surface area contributed by atoms with Crippen molar-refractivity contribution in [3.63, 3.8) is 0 Å². The Kier molecular flexibility index (Phi) is 9.28. The molecular formula is C24H36N4O2S. The van der Waals surface area contributed by atoms with Gasteiger partial charge in [-0.15, -0.1) is 0 Å². The van der Waals surface area contributed by atoms with Gasteiger partial charge in [-0.1, -0.05) is 37.2 Å². The number of thiazole rings is 1. The summed E-state index contributed by atoms with van der Waals surface area (Å²) in [5.74, 6) is 0.114. The summed E-state index contributed by atoms with van der Waals surface area (Å²) in [5.41, 5.74) is 2.00. The Hall–Kier alpha value is -1.99. The highest BCUT2D eigenvalue weighted by Crippen LogP contribution is 2.27. The number of likely N-dealkylation sites (tertiary alicyclic amines) is 1. The SMILES string of the molecule is CCCC(=O)Nc1nc2ccc(CCC(=O)NCC[C@H](C)N3CCCCCC3)cc2s1. The standard InChI is InChI=1S/C24H36N4O2S/c1-3-8-23(30)27-24-26-20-11-9-19(17-21(20)31-24)10-12-22(29)25-14-13-18(2)28-15-6-4-5-7-16-28/h9,11,17-18H,3-8,10,12-16H2,1-2H3,(H,25,29)(H,26,27,30)/t18-/m0/s1. The Morgan fingerprint density at radius 3 is 2.65 bits per heavy atom. The number of benzene rings is 1. The van der Waals surface area contributed by atoms with Gasteiger partial charge in [0.15, 0.2) is 5.13 Å². The minimum atomic E-state index is 0.00334. The zero-order valence-electron chi connectivity index (χ0n) is 18.9. The summed E-state index contributed by atoms with van der Waals surface area (Å²) >= 11 is 1.48. The van der Waals surface area contributed by atoms with Gasteiger partial charge in [0.05, 0.1) is 10.2 Å². The molecule has 1 aromatic carbocycles. The lowest BCUT2D eigenvalue weighted by atomic mass is 10.1. The summed E-state index contributed by atoms with van der Waals surface area (Å²) in [7, 11) is 0. The van der Waals surface area contributed by atoms with E-state index in [1.165, 1.54) is 50.1 Å². The van der Waals surface area contributed by atoms with E-state index in [0.29, 0.717) is 30.4 Å². The average Bonchev–Trinajstić information content (AvgIpc) is 2.95. The number of carbonyl (C=O) groups excluding carboxylic acids is 2. The number of carbonyl (C=O) groups is 2. The van der Waals surface area contributed by atoms with Crippen LogP contribution >= 0.6 is 11.3 Å². The van der Waals surface area contributed by atoms with Gasteiger partial charge in [0.2, 0.25) is 11.8 Å². The molecule has 1 saturated heterocycles. The van der Waals surface area contributed by atoms with Crippen LogP contribution < -0.4 is 10.6 Å². The summed E-state index contributed by atoms with van der Waals surface area (Å²) in [6.45, 7) is 7.39. The largest absolute Gasteiger partial charge is 0.356 e. The van der Waals surface area contributed by atoms with Crippen molar-refractivity contribution >= 4 is 38.5 Å². The Morgan fingerprint density at radius 2 is 1.90 bits per heavy atom. The lowest BCUT2D eigenvalue weighted by Gasteiger charge is -2.27. The first-order valence-corrected chi connectivity index (χ1v) is 12.6. The number of rotatable bonds is 10. The predicted molar refractivity (Wildman–Crippen MR) is 129 cm³/mol. The van der Waals surface area contributed by atoms with E-state index in [9.17, 15) is 9.59 Å². The van der Waals surface area contributed by atoms with Crippen LogP contribution in [0.3, 0.4) is 0 Å². The van der Waals surface area contributed by atoms with E-state index >= 15 is 0 Å². The molecule has 0 saturated carbocycles. The number of anilines is 1. The minimum absolute atomic E-state index is 0.00334. The van der Waals surface area contributed by atoms with Crippen molar-refractivity contribution < 1.29 is 9.59 Å². The van der Waals surface area contributed by atoms with Crippen molar-refractivity contribution in [1.82, 2.24) is 15.2 Å². The van der Waals surface area contributed by atoms with Gasteiger partial charge in [-0.2, -0.15) is 0 Å². The zero-order valence-corrected chi connectivity index (χ0v) is 19.7. The normalized spacial score (nSPS) is 16.1. The van der Waals surface area contributed by atoms with Crippen LogP contribution in [0.25, 0.3) is 10.2 Å². The number of amides is 2. The Bertz CT molecular complexity index is 858. The van der Waals surface area contributed by atoms with E-state index in [1.54, 1.807) is 0 Å². The third-order valence-corrected chi connectivity index (χ3v) is 6.90. The molecule has 31 heavy (non-hydrogen) atoms. The van der Waals surface area contributed by atoms with E-state index in [1.807, 2.05) is 19.1 Å². The molecule has 2 N–H and O–H groups in total. The molecule has 170 valence electrons. The molecule has 6 nitrogen and oxygen atoms in total. The second-order valence-electron chi connectivity index (χ2n) is 8.56. The van der Waals surface area contributed by atoms with Crippen molar-refractivity contribution in [2.24, 2.45) is 0 Å². The van der Waals surface area contributed by atoms with Crippen LogP contribution in [0.15, 0.2) is 18.2 Å². The second kappa shape index (κ2) is 12.2. The third kappa shape index (κ3) is 7.58. The summed E-state index contributed by atoms with van der Waals surface area (Å²) in [6, 6.07) is 6.60. The van der Waals surface area contributed by atoms with Gasteiger partial charge in [-0.05, 0) is 69.8 Å². The lowest BCUT2D eigenvalue weighted by molar-refractivity contribution is -0.121. The molecule has 1 aliphatic rings. The van der Waals surface area contributed by atoms with Crippen LogP contribution in [0.1, 0.15) is 70.8 Å². The van der Waals surface area contributed by atoms with Crippen LogP contribution in [0.2, 0.25) is 0 Å². The monoisotopic (exact) mass is 444 g/mol. The van der Waals surface area contributed by atoms with E-state index < -0.39 is 0 Å². The highest BCUT2D eigenvalue weighted by molar-refractivity contribution is 7.22. The predicted octanol–water partition coefficient (Wildman–Crippen LogP) is 4.74. The molecule has 0 aliphatic carbocycles. The highest BCUT2D eigenvalue weighted by atomic mass is 32.1. The third-order valence-electron chi connectivity index (χ3n) is 5.97. The van der Waals surface area contributed by atoms with Crippen molar-refractivity contribution in [2.45, 2.75) is 77.7 Å². The van der Waals surface area contributed by atoms with E-state index in [0.717, 1.165) is 35.2 Å². The molecular weight excluding hydrogens is 408 g/mol. The quantitative estimate of drug-likeness (QED) is 0.555. The highest BCUT2D eigenvalue weighted by Gasteiger charge is 2.15. The van der Waals surface area contributed by atoms with Gasteiger partial charge < -0.3 is 15.5 Å². The first-order valence-electron chi connectivity index (χ1n) is 11.7.